The van der Waals surface area contributed by atoms with Crippen LogP contribution in [0.3, 0.4) is 0 Å². The number of hydrogen-bond donors (Lipinski definition) is 0. The molecule has 1 aliphatic rings. The first-order valence-corrected chi connectivity index (χ1v) is 14.7. The zero-order valence-electron chi connectivity index (χ0n) is 25.8. The third kappa shape index (κ3) is 8.90. The molecule has 3 aromatic rings. The Hall–Kier alpha value is -3.40. The highest BCUT2D eigenvalue weighted by molar-refractivity contribution is 5.42. The minimum absolute atomic E-state index is 0.0189. The Balaban J connectivity index is 1.77. The lowest BCUT2D eigenvalue weighted by molar-refractivity contribution is -0.143. The average Bonchev–Trinajstić information content (AvgIpc) is 3.38. The van der Waals surface area contributed by atoms with Crippen molar-refractivity contribution in [1.82, 2.24) is 30.0 Å². The van der Waals surface area contributed by atoms with Crippen LogP contribution in [0.1, 0.15) is 65.6 Å². The molecule has 0 saturated carbocycles. The van der Waals surface area contributed by atoms with E-state index in [1.807, 2.05) is 21.0 Å². The van der Waals surface area contributed by atoms with Gasteiger partial charge in [0.05, 0.1) is 23.7 Å². The zero-order valence-corrected chi connectivity index (χ0v) is 25.8. The Morgan fingerprint density at radius 3 is 2.02 bits per heavy atom. The number of rotatable bonds is 10. The number of nitrogens with zero attached hydrogens (tertiary/aromatic N) is 7. The van der Waals surface area contributed by atoms with Crippen LogP contribution in [0.25, 0.3) is 0 Å². The normalized spacial score (nSPS) is 17.5. The summed E-state index contributed by atoms with van der Waals surface area (Å²) in [7, 11) is 5.34. The third-order valence-electron chi connectivity index (χ3n) is 8.18. The van der Waals surface area contributed by atoms with Crippen LogP contribution >= 0.6 is 0 Å². The molecule has 1 saturated heterocycles. The third-order valence-corrected chi connectivity index (χ3v) is 8.18. The van der Waals surface area contributed by atoms with Crippen molar-refractivity contribution in [2.24, 2.45) is 13.0 Å². The first-order chi connectivity index (χ1) is 21.3. The Kier molecular flexibility index (Phi) is 10.6. The van der Waals surface area contributed by atoms with Crippen molar-refractivity contribution in [1.29, 1.82) is 0 Å². The van der Waals surface area contributed by atoms with Crippen molar-refractivity contribution < 1.29 is 39.5 Å². The van der Waals surface area contributed by atoms with Crippen LogP contribution < -0.4 is 4.90 Å². The number of benzene rings is 2. The Morgan fingerprint density at radius 1 is 0.870 bits per heavy atom. The fraction of sp³-hybridized carbons (Fsp3) is 0.567. The fourth-order valence-electron chi connectivity index (χ4n) is 6.10. The SMILES string of the molecule is CCC(c1ccc(C(F)(F)F)cc1CN(Cc1cc(C(F)(F)F)cc(C(F)(F)F)c1)c1nnn(C)n1)N(C)CC1CCCN(C)C1. The molecule has 2 aromatic carbocycles. The van der Waals surface area contributed by atoms with Crippen LogP contribution in [-0.4, -0.2) is 63.7 Å². The van der Waals surface area contributed by atoms with Gasteiger partial charge in [-0.25, -0.2) is 0 Å². The molecule has 0 N–H and O–H groups in total. The lowest BCUT2D eigenvalue weighted by atomic mass is 9.92. The largest absolute Gasteiger partial charge is 0.416 e. The smallest absolute Gasteiger partial charge is 0.330 e. The highest BCUT2D eigenvalue weighted by atomic mass is 19.4. The monoisotopic (exact) mass is 665 g/mol. The summed E-state index contributed by atoms with van der Waals surface area (Å²) in [4.78, 5) is 6.58. The van der Waals surface area contributed by atoms with E-state index in [0.717, 1.165) is 42.9 Å². The molecule has 1 fully saturated rings. The quantitative estimate of drug-likeness (QED) is 0.214. The number of piperidine rings is 1. The van der Waals surface area contributed by atoms with Gasteiger partial charge in [0, 0.05) is 32.2 Å². The average molecular weight is 666 g/mol. The number of anilines is 1. The summed E-state index contributed by atoms with van der Waals surface area (Å²) in [5.41, 5.74) is -3.60. The van der Waals surface area contributed by atoms with Crippen molar-refractivity contribution in [3.05, 3.63) is 69.8 Å². The van der Waals surface area contributed by atoms with Crippen LogP contribution in [0.15, 0.2) is 36.4 Å². The number of tetrazole rings is 1. The minimum atomic E-state index is -5.08. The lowest BCUT2D eigenvalue weighted by Crippen LogP contribution is -2.39. The summed E-state index contributed by atoms with van der Waals surface area (Å²) in [6.07, 6.45) is -12.3. The Bertz CT molecular complexity index is 1430. The van der Waals surface area contributed by atoms with Crippen LogP contribution in [0.2, 0.25) is 0 Å². The van der Waals surface area contributed by atoms with Crippen LogP contribution in [-0.2, 0) is 38.7 Å². The summed E-state index contributed by atoms with van der Waals surface area (Å²) in [6.45, 7) is 3.53. The Morgan fingerprint density at radius 2 is 1.50 bits per heavy atom. The first kappa shape index (κ1) is 35.5. The molecule has 2 unspecified atom stereocenters. The molecule has 1 aliphatic heterocycles. The van der Waals surface area contributed by atoms with Gasteiger partial charge in [-0.05, 0) is 98.1 Å². The molecule has 2 heterocycles. The summed E-state index contributed by atoms with van der Waals surface area (Å²) < 4.78 is 123. The van der Waals surface area contributed by atoms with Crippen molar-refractivity contribution in [3.8, 4) is 0 Å². The van der Waals surface area contributed by atoms with Gasteiger partial charge < -0.3 is 9.80 Å². The molecule has 16 heteroatoms. The molecule has 7 nitrogen and oxygen atoms in total. The van der Waals surface area contributed by atoms with Gasteiger partial charge in [-0.2, -0.15) is 44.3 Å². The predicted molar refractivity (Wildman–Crippen MR) is 152 cm³/mol. The van der Waals surface area contributed by atoms with E-state index in [2.05, 4.69) is 25.2 Å². The van der Waals surface area contributed by atoms with Gasteiger partial charge in [0.25, 0.3) is 5.95 Å². The van der Waals surface area contributed by atoms with E-state index in [4.69, 9.17) is 0 Å². The molecule has 1 aromatic heterocycles. The Labute approximate surface area is 260 Å². The molecule has 0 amide bonds. The topological polar surface area (TPSA) is 53.3 Å². The maximum Gasteiger partial charge on any atom is 0.416 e. The van der Waals surface area contributed by atoms with Gasteiger partial charge in [0.1, 0.15) is 0 Å². The maximum absolute atomic E-state index is 13.9. The van der Waals surface area contributed by atoms with Gasteiger partial charge in [0.2, 0.25) is 0 Å². The van der Waals surface area contributed by atoms with Gasteiger partial charge >= 0.3 is 18.5 Å². The minimum Gasteiger partial charge on any atom is -0.330 e. The number of hydrogen-bond acceptors (Lipinski definition) is 6. The van der Waals surface area contributed by atoms with E-state index in [1.54, 1.807) is 0 Å². The molecule has 0 bridgehead atoms. The number of aromatic nitrogens is 4. The van der Waals surface area contributed by atoms with Gasteiger partial charge in [0.15, 0.2) is 0 Å². The van der Waals surface area contributed by atoms with E-state index in [1.165, 1.54) is 18.0 Å². The maximum atomic E-state index is 13.9. The molecule has 254 valence electrons. The highest BCUT2D eigenvalue weighted by Gasteiger charge is 2.37. The van der Waals surface area contributed by atoms with Gasteiger partial charge in [-0.15, -0.1) is 5.10 Å². The van der Waals surface area contributed by atoms with Crippen molar-refractivity contribution in [3.63, 3.8) is 0 Å². The van der Waals surface area contributed by atoms with Crippen LogP contribution in [0, 0.1) is 5.92 Å². The molecular weight excluding hydrogens is 629 g/mol. The number of halogens is 9. The van der Waals surface area contributed by atoms with Crippen LogP contribution in [0.5, 0.6) is 0 Å². The fourth-order valence-corrected chi connectivity index (χ4v) is 6.10. The van der Waals surface area contributed by atoms with E-state index in [0.29, 0.717) is 36.6 Å². The number of likely N-dealkylation sites (tertiary alicyclic amines) is 1. The highest BCUT2D eigenvalue weighted by Crippen LogP contribution is 2.38. The second kappa shape index (κ2) is 13.8. The second-order valence-corrected chi connectivity index (χ2v) is 11.9. The van der Waals surface area contributed by atoms with E-state index in [9.17, 15) is 39.5 Å². The van der Waals surface area contributed by atoms with Gasteiger partial charge in [-0.1, -0.05) is 18.1 Å². The van der Waals surface area contributed by atoms with Crippen molar-refractivity contribution >= 4 is 5.95 Å². The molecule has 0 radical (unpaired) electrons. The number of alkyl halides is 9. The summed E-state index contributed by atoms with van der Waals surface area (Å²) >= 11 is 0. The molecule has 2 atom stereocenters. The second-order valence-electron chi connectivity index (χ2n) is 11.9. The van der Waals surface area contributed by atoms with Crippen molar-refractivity contribution in [2.75, 3.05) is 38.6 Å². The summed E-state index contributed by atoms with van der Waals surface area (Å²) in [6, 6.07) is 4.19. The van der Waals surface area contributed by atoms with E-state index < -0.39 is 41.8 Å². The standard InChI is InChI=1S/C30H36F9N7/c1-5-26(44(3)16-19-7-6-10-43(2)15-19)25-9-8-22(28(31,32)33)13-21(25)18-46(27-40-42-45(4)41-27)17-20-11-23(29(34,35)36)14-24(12-20)30(37,38)39/h8-9,11-14,19,26H,5-7,10,15-18H2,1-4H3. The summed E-state index contributed by atoms with van der Waals surface area (Å²) in [5, 5.41) is 11.7. The summed E-state index contributed by atoms with van der Waals surface area (Å²) in [5.74, 6) is 0.170. The molecular formula is C30H36F9N7. The van der Waals surface area contributed by atoms with Gasteiger partial charge in [-0.3, -0.25) is 4.90 Å². The molecule has 0 aliphatic carbocycles. The molecule has 46 heavy (non-hydrogen) atoms. The van der Waals surface area contributed by atoms with Crippen molar-refractivity contribution in [2.45, 2.75) is 63.8 Å². The van der Waals surface area contributed by atoms with E-state index >= 15 is 0 Å². The first-order valence-electron chi connectivity index (χ1n) is 14.7. The van der Waals surface area contributed by atoms with Crippen LogP contribution in [0.4, 0.5) is 45.5 Å². The lowest BCUT2D eigenvalue weighted by Gasteiger charge is -2.36. The predicted octanol–water partition coefficient (Wildman–Crippen LogP) is 7.20. The zero-order chi connectivity index (χ0) is 34.0. The molecule has 0 spiro atoms. The molecule has 4 rings (SSSR count). The number of aryl methyl sites for hydroxylation is 1. The van der Waals surface area contributed by atoms with E-state index in [-0.39, 0.29) is 35.7 Å².